The van der Waals surface area contributed by atoms with Gasteiger partial charge in [0.25, 0.3) is 0 Å². The van der Waals surface area contributed by atoms with Crippen molar-refractivity contribution < 1.29 is 13.6 Å². The summed E-state index contributed by atoms with van der Waals surface area (Å²) >= 11 is 5.57. The molecule has 0 atom stereocenters. The number of rotatable bonds is 8. The van der Waals surface area contributed by atoms with E-state index in [1.165, 1.54) is 24.3 Å². The molecular formula is C32H31F2N5OS. The van der Waals surface area contributed by atoms with Gasteiger partial charge in [-0.2, -0.15) is 0 Å². The zero-order valence-corrected chi connectivity index (χ0v) is 23.2. The van der Waals surface area contributed by atoms with E-state index in [1.807, 2.05) is 36.4 Å². The van der Waals surface area contributed by atoms with E-state index in [-0.39, 0.29) is 17.7 Å². The van der Waals surface area contributed by atoms with Crippen molar-refractivity contribution in [1.29, 1.82) is 0 Å². The van der Waals surface area contributed by atoms with Gasteiger partial charge in [0.05, 0.1) is 17.4 Å². The second kappa shape index (κ2) is 12.9. The molecule has 4 N–H and O–H groups in total. The number of amides is 1. The van der Waals surface area contributed by atoms with Crippen LogP contribution in [0.3, 0.4) is 0 Å². The summed E-state index contributed by atoms with van der Waals surface area (Å²) in [6.45, 7) is 3.34. The summed E-state index contributed by atoms with van der Waals surface area (Å²) < 4.78 is 27.4. The Morgan fingerprint density at radius 3 is 1.98 bits per heavy atom. The lowest BCUT2D eigenvalue weighted by Crippen LogP contribution is -2.48. The third-order valence-corrected chi connectivity index (χ3v) is 7.46. The van der Waals surface area contributed by atoms with Gasteiger partial charge in [0.15, 0.2) is 5.11 Å². The SMILES string of the molecule is NC(=O)c1ccc(N2CCN(C(c3ccc(F)cc3)c3ccc(F)cc3)CC2)c(NC(=S)NCc2ccccc2)c1. The largest absolute Gasteiger partial charge is 0.367 e. The van der Waals surface area contributed by atoms with Gasteiger partial charge >= 0.3 is 0 Å². The zero-order chi connectivity index (χ0) is 28.8. The molecule has 4 aromatic rings. The maximum Gasteiger partial charge on any atom is 0.248 e. The van der Waals surface area contributed by atoms with Gasteiger partial charge in [-0.25, -0.2) is 8.78 Å². The fourth-order valence-electron chi connectivity index (χ4n) is 5.14. The average molecular weight is 572 g/mol. The number of carbonyl (C=O) groups is 1. The average Bonchev–Trinajstić information content (AvgIpc) is 2.99. The molecule has 1 aliphatic rings. The number of anilines is 2. The van der Waals surface area contributed by atoms with Crippen molar-refractivity contribution in [1.82, 2.24) is 10.2 Å². The second-order valence-electron chi connectivity index (χ2n) is 9.92. The zero-order valence-electron chi connectivity index (χ0n) is 22.4. The smallest absolute Gasteiger partial charge is 0.248 e. The number of carbonyl (C=O) groups excluding carboxylic acids is 1. The molecule has 9 heteroatoms. The topological polar surface area (TPSA) is 73.6 Å². The highest BCUT2D eigenvalue weighted by Gasteiger charge is 2.28. The number of thiocarbonyl (C=S) groups is 1. The van der Waals surface area contributed by atoms with E-state index in [1.54, 1.807) is 36.4 Å². The van der Waals surface area contributed by atoms with Crippen LogP contribution in [0, 0.1) is 11.6 Å². The van der Waals surface area contributed by atoms with E-state index in [0.29, 0.717) is 49.1 Å². The first-order valence-corrected chi connectivity index (χ1v) is 13.8. The molecule has 0 aromatic heterocycles. The van der Waals surface area contributed by atoms with E-state index >= 15 is 0 Å². The quantitative estimate of drug-likeness (QED) is 0.244. The Labute approximate surface area is 243 Å². The molecule has 0 aliphatic carbocycles. The number of nitrogens with zero attached hydrogens (tertiary/aromatic N) is 2. The van der Waals surface area contributed by atoms with Crippen molar-refractivity contribution in [3.63, 3.8) is 0 Å². The van der Waals surface area contributed by atoms with Crippen molar-refractivity contribution in [2.45, 2.75) is 12.6 Å². The third kappa shape index (κ3) is 7.06. The van der Waals surface area contributed by atoms with Gasteiger partial charge in [-0.05, 0) is 71.4 Å². The van der Waals surface area contributed by atoms with E-state index in [2.05, 4.69) is 20.4 Å². The Kier molecular flexibility index (Phi) is 8.86. The van der Waals surface area contributed by atoms with Crippen LogP contribution in [-0.2, 0) is 6.54 Å². The molecule has 0 spiro atoms. The number of benzene rings is 4. The number of halogens is 2. The summed E-state index contributed by atoms with van der Waals surface area (Å²) in [6.07, 6.45) is 0. The minimum absolute atomic E-state index is 0.150. The van der Waals surface area contributed by atoms with Crippen LogP contribution < -0.4 is 21.3 Å². The molecule has 1 heterocycles. The number of hydrogen-bond acceptors (Lipinski definition) is 4. The molecule has 0 bridgehead atoms. The van der Waals surface area contributed by atoms with E-state index in [4.69, 9.17) is 18.0 Å². The monoisotopic (exact) mass is 571 g/mol. The first kappa shape index (κ1) is 28.2. The Bertz CT molecular complexity index is 1450. The van der Waals surface area contributed by atoms with Crippen LogP contribution in [0.25, 0.3) is 0 Å². The standard InChI is InChI=1S/C32H31F2N5OS/c33-26-11-6-23(7-12-26)30(24-8-13-27(34)14-9-24)39-18-16-38(17-19-39)29-15-10-25(31(35)40)20-28(29)37-32(41)36-21-22-4-2-1-3-5-22/h1-15,20,30H,16-19,21H2,(H2,35,40)(H2,36,37,41). The van der Waals surface area contributed by atoms with Crippen molar-refractivity contribution >= 4 is 34.6 Å². The van der Waals surface area contributed by atoms with Crippen LogP contribution in [0.5, 0.6) is 0 Å². The van der Waals surface area contributed by atoms with Crippen molar-refractivity contribution in [3.8, 4) is 0 Å². The van der Waals surface area contributed by atoms with Crippen LogP contribution in [-0.4, -0.2) is 42.1 Å². The highest BCUT2D eigenvalue weighted by Crippen LogP contribution is 2.33. The van der Waals surface area contributed by atoms with Crippen LogP contribution >= 0.6 is 12.2 Å². The fourth-order valence-corrected chi connectivity index (χ4v) is 5.32. The maximum absolute atomic E-state index is 13.7. The third-order valence-electron chi connectivity index (χ3n) is 7.22. The summed E-state index contributed by atoms with van der Waals surface area (Å²) in [5.41, 5.74) is 10.5. The highest BCUT2D eigenvalue weighted by atomic mass is 32.1. The Morgan fingerprint density at radius 1 is 0.829 bits per heavy atom. The number of nitrogens with two attached hydrogens (primary N) is 1. The summed E-state index contributed by atoms with van der Waals surface area (Å²) in [4.78, 5) is 16.5. The van der Waals surface area contributed by atoms with Crippen LogP contribution in [0.1, 0.15) is 33.1 Å². The molecule has 1 saturated heterocycles. The van der Waals surface area contributed by atoms with Gasteiger partial charge in [0.1, 0.15) is 11.6 Å². The summed E-state index contributed by atoms with van der Waals surface area (Å²) in [6, 6.07) is 28.0. The molecule has 1 amide bonds. The van der Waals surface area contributed by atoms with E-state index < -0.39 is 5.91 Å². The number of nitrogens with one attached hydrogen (secondary N) is 2. The van der Waals surface area contributed by atoms with Crippen LogP contribution in [0.4, 0.5) is 20.2 Å². The van der Waals surface area contributed by atoms with Crippen LogP contribution in [0.2, 0.25) is 0 Å². The molecule has 210 valence electrons. The van der Waals surface area contributed by atoms with Gasteiger partial charge < -0.3 is 21.3 Å². The van der Waals surface area contributed by atoms with Crippen molar-refractivity contribution in [3.05, 3.63) is 131 Å². The molecule has 0 unspecified atom stereocenters. The molecule has 6 nitrogen and oxygen atoms in total. The first-order valence-electron chi connectivity index (χ1n) is 13.4. The lowest BCUT2D eigenvalue weighted by Gasteiger charge is -2.41. The minimum atomic E-state index is -0.519. The highest BCUT2D eigenvalue weighted by molar-refractivity contribution is 7.80. The number of hydrogen-bond donors (Lipinski definition) is 3. The van der Waals surface area contributed by atoms with Gasteiger partial charge in [-0.1, -0.05) is 54.6 Å². The number of primary amides is 1. The molecular weight excluding hydrogens is 540 g/mol. The van der Waals surface area contributed by atoms with Crippen LogP contribution in [0.15, 0.2) is 97.1 Å². The fraction of sp³-hybridized carbons (Fsp3) is 0.188. The lowest BCUT2D eigenvalue weighted by atomic mass is 9.96. The molecule has 0 saturated carbocycles. The lowest BCUT2D eigenvalue weighted by molar-refractivity contribution is 0.100. The Balaban J connectivity index is 1.33. The second-order valence-corrected chi connectivity index (χ2v) is 10.3. The molecule has 1 aliphatic heterocycles. The van der Waals surface area contributed by atoms with E-state index in [0.717, 1.165) is 22.4 Å². The summed E-state index contributed by atoms with van der Waals surface area (Å²) in [7, 11) is 0. The molecule has 41 heavy (non-hydrogen) atoms. The van der Waals surface area contributed by atoms with Gasteiger partial charge in [0.2, 0.25) is 5.91 Å². The van der Waals surface area contributed by atoms with Gasteiger partial charge in [-0.15, -0.1) is 0 Å². The van der Waals surface area contributed by atoms with Crippen molar-refractivity contribution in [2.24, 2.45) is 5.73 Å². The summed E-state index contributed by atoms with van der Waals surface area (Å²) in [5.74, 6) is -1.12. The first-order chi connectivity index (χ1) is 19.9. The molecule has 1 fully saturated rings. The normalized spacial score (nSPS) is 13.7. The predicted molar refractivity (Wildman–Crippen MR) is 163 cm³/mol. The minimum Gasteiger partial charge on any atom is -0.367 e. The van der Waals surface area contributed by atoms with E-state index in [9.17, 15) is 13.6 Å². The Hall–Kier alpha value is -4.34. The number of piperazine rings is 1. The molecule has 5 rings (SSSR count). The van der Waals surface area contributed by atoms with Gasteiger partial charge in [0, 0.05) is 38.3 Å². The van der Waals surface area contributed by atoms with Crippen molar-refractivity contribution in [2.75, 3.05) is 36.4 Å². The summed E-state index contributed by atoms with van der Waals surface area (Å²) in [5, 5.41) is 6.91. The molecule has 0 radical (unpaired) electrons. The Morgan fingerprint density at radius 2 is 1.41 bits per heavy atom. The maximum atomic E-state index is 13.7. The molecule has 4 aromatic carbocycles. The predicted octanol–water partition coefficient (Wildman–Crippen LogP) is 5.46. The van der Waals surface area contributed by atoms with Gasteiger partial charge in [-0.3, -0.25) is 9.69 Å².